The molecule has 0 N–H and O–H groups in total. The molecule has 0 unspecified atom stereocenters. The summed E-state index contributed by atoms with van der Waals surface area (Å²) < 4.78 is 0. The Morgan fingerprint density at radius 3 is 0.687 bits per heavy atom. The Morgan fingerprint density at radius 1 is 0.157 bits per heavy atom. The van der Waals surface area contributed by atoms with Gasteiger partial charge in [-0.3, -0.25) is 0 Å². The van der Waals surface area contributed by atoms with Crippen molar-refractivity contribution in [2.45, 2.75) is 116 Å². The highest BCUT2D eigenvalue weighted by molar-refractivity contribution is 5.99. The standard InChI is InChI=1S/C47H41N3.C40H31N3.C38H27N3/c1-5-46(6-2)39-19-13-11-17-35(39)37-25-23-33(28-41(37)46)44-48-43(32-22-21-30-15-9-10-16-31(30)27-32)49-45(50-44)34-24-26-38-36-18-12-14-20-40(36)47(7-3,8-4)42(38)29-34;1-3-40(4-2)35-16-10-9-15-33(35)34-22-21-32(25-36(34)40)39-42-37(30-19-17-26-11-5-7-13-28(26)23-30)41-38(43-39)31-20-18-27-12-6-8-14-29(27)24-31;1-38(2)33-20-8-7-17-29(33)30-22-21-26(23-34(30)38)35-39-36(31-18-9-13-24-11-3-5-15-27(24)31)41-37(40-35)32-19-10-14-25-12-4-6-16-28(25)32/h9-29H,5-8H2,1-4H3;5-25H,3-4H2,1-2H3;3-23H,1-2H3. The Hall–Kier alpha value is -15.7. The van der Waals surface area contributed by atoms with Crippen LogP contribution in [0.3, 0.4) is 0 Å². The smallest absolute Gasteiger partial charge is 0.164 e. The van der Waals surface area contributed by atoms with Gasteiger partial charge in [-0.2, -0.15) is 0 Å². The van der Waals surface area contributed by atoms with Crippen molar-refractivity contribution < 1.29 is 0 Å². The summed E-state index contributed by atoms with van der Waals surface area (Å²) in [5, 5.41) is 11.7. The maximum Gasteiger partial charge on any atom is 0.164 e. The number of aromatic nitrogens is 9. The van der Waals surface area contributed by atoms with Crippen LogP contribution >= 0.6 is 0 Å². The van der Waals surface area contributed by atoms with Crippen LogP contribution in [0, 0.1) is 0 Å². The molecule has 21 aromatic rings. The Morgan fingerprint density at radius 2 is 0.366 bits per heavy atom. The van der Waals surface area contributed by atoms with Gasteiger partial charge in [0.25, 0.3) is 0 Å². The van der Waals surface area contributed by atoms with Crippen LogP contribution in [-0.4, -0.2) is 44.9 Å². The molecule has 4 aliphatic rings. The second kappa shape index (κ2) is 33.3. The third-order valence-electron chi connectivity index (χ3n) is 30.0. The topological polar surface area (TPSA) is 116 Å². The van der Waals surface area contributed by atoms with Crippen LogP contribution in [-0.2, 0) is 21.7 Å². The molecule has 0 saturated carbocycles. The summed E-state index contributed by atoms with van der Waals surface area (Å²) in [6.07, 6.45) is 6.23. The van der Waals surface area contributed by atoms with Gasteiger partial charge in [-0.15, -0.1) is 0 Å². The molecule has 18 aromatic carbocycles. The van der Waals surface area contributed by atoms with Gasteiger partial charge in [-0.25, -0.2) is 44.9 Å². The lowest BCUT2D eigenvalue weighted by atomic mass is 9.73. The summed E-state index contributed by atoms with van der Waals surface area (Å²) in [6.45, 7) is 18.5. The molecule has 0 radical (unpaired) electrons. The molecule has 644 valence electrons. The van der Waals surface area contributed by atoms with Crippen molar-refractivity contribution in [2.24, 2.45) is 0 Å². The molecule has 0 aliphatic heterocycles. The SMILES string of the molecule is CC1(C)c2ccccc2-c2ccc(-c3nc(-c4cccc5ccccc45)nc(-c4cccc5ccccc45)n3)cc21.CCC1(CC)c2ccccc2-c2ccc(-c3nc(-c4ccc5c(c4)C(CC)(CC)c4ccccc4-5)nc(-c4ccc5ccccc5c4)n3)cc21.CCC1(CC)c2ccccc2-c2ccc(-c3nc(-c4ccc5ccccc5c4)nc(-c4ccc5ccccc5c4)n3)cc21. The van der Waals surface area contributed by atoms with Crippen LogP contribution < -0.4 is 0 Å². The van der Waals surface area contributed by atoms with Gasteiger partial charge in [0.2, 0.25) is 0 Å². The first-order chi connectivity index (χ1) is 65.8. The highest BCUT2D eigenvalue weighted by Crippen LogP contribution is 2.58. The molecule has 0 saturated heterocycles. The van der Waals surface area contributed by atoms with E-state index in [1.165, 1.54) is 121 Å². The molecule has 0 spiro atoms. The fourth-order valence-electron chi connectivity index (χ4n) is 22.8. The van der Waals surface area contributed by atoms with Crippen LogP contribution in [0.25, 0.3) is 201 Å². The van der Waals surface area contributed by atoms with E-state index in [0.29, 0.717) is 52.4 Å². The number of nitrogens with zero attached hydrogens (tertiary/aromatic N) is 9. The maximum atomic E-state index is 5.29. The lowest BCUT2D eigenvalue weighted by Crippen LogP contribution is -2.23. The fourth-order valence-corrected chi connectivity index (χ4v) is 22.8. The Kier molecular flexibility index (Phi) is 20.5. The first kappa shape index (κ1) is 82.7. The van der Waals surface area contributed by atoms with Gasteiger partial charge in [-0.1, -0.05) is 395 Å². The molecule has 3 aromatic heterocycles. The lowest BCUT2D eigenvalue weighted by molar-refractivity contribution is 0.490. The lowest BCUT2D eigenvalue weighted by Gasteiger charge is -2.30. The predicted molar refractivity (Wildman–Crippen MR) is 554 cm³/mol. The van der Waals surface area contributed by atoms with Gasteiger partial charge < -0.3 is 0 Å². The number of rotatable bonds is 15. The van der Waals surface area contributed by atoms with E-state index in [1.807, 2.05) is 0 Å². The van der Waals surface area contributed by atoms with Gasteiger partial charge in [-0.05, 0) is 224 Å². The molecule has 9 heteroatoms. The van der Waals surface area contributed by atoms with Crippen LogP contribution in [0.15, 0.2) is 382 Å². The van der Waals surface area contributed by atoms with Crippen molar-refractivity contribution in [3.8, 4) is 147 Å². The minimum absolute atomic E-state index is 0.0165. The minimum Gasteiger partial charge on any atom is -0.208 e. The average molecular weight is 1730 g/mol. The van der Waals surface area contributed by atoms with Crippen molar-refractivity contribution in [1.29, 1.82) is 0 Å². The van der Waals surface area contributed by atoms with Crippen LogP contribution in [0.2, 0.25) is 0 Å². The molecule has 25 rings (SSSR count). The summed E-state index contributed by atoms with van der Waals surface area (Å²) in [5.74, 6) is 6.20. The molecule has 134 heavy (non-hydrogen) atoms. The zero-order valence-corrected chi connectivity index (χ0v) is 76.6. The van der Waals surface area contributed by atoms with Gasteiger partial charge in [0.15, 0.2) is 52.4 Å². The Bertz CT molecular complexity index is 7960. The number of hydrogen-bond acceptors (Lipinski definition) is 9. The highest BCUT2D eigenvalue weighted by Gasteiger charge is 2.44. The molecule has 9 nitrogen and oxygen atoms in total. The maximum absolute atomic E-state index is 5.29. The van der Waals surface area contributed by atoms with Crippen molar-refractivity contribution >= 4 is 53.9 Å². The van der Waals surface area contributed by atoms with Gasteiger partial charge in [0, 0.05) is 71.7 Å². The average Bonchev–Trinajstić information content (AvgIpc) is 1.57. The van der Waals surface area contributed by atoms with Crippen LogP contribution in [0.5, 0.6) is 0 Å². The summed E-state index contributed by atoms with van der Waals surface area (Å²) >= 11 is 0. The van der Waals surface area contributed by atoms with E-state index in [-0.39, 0.29) is 21.7 Å². The summed E-state index contributed by atoms with van der Waals surface area (Å²) in [6, 6.07) is 137. The minimum atomic E-state index is -0.105. The van der Waals surface area contributed by atoms with E-state index in [1.54, 1.807) is 0 Å². The second-order valence-corrected chi connectivity index (χ2v) is 36.9. The molecular formula is C125H99N9. The van der Waals surface area contributed by atoms with E-state index >= 15 is 0 Å². The molecular weight excluding hydrogens is 1630 g/mol. The van der Waals surface area contributed by atoms with Crippen molar-refractivity contribution in [1.82, 2.24) is 44.9 Å². The second-order valence-electron chi connectivity index (χ2n) is 36.9. The third kappa shape index (κ3) is 13.7. The molecule has 0 atom stereocenters. The first-order valence-corrected chi connectivity index (χ1v) is 47.5. The highest BCUT2D eigenvalue weighted by atomic mass is 15.1. The number of hydrogen-bond donors (Lipinski definition) is 0. The summed E-state index contributed by atoms with van der Waals surface area (Å²) in [4.78, 5) is 46.4. The largest absolute Gasteiger partial charge is 0.208 e. The summed E-state index contributed by atoms with van der Waals surface area (Å²) in [5.41, 5.74) is 30.5. The zero-order chi connectivity index (χ0) is 90.6. The van der Waals surface area contributed by atoms with E-state index in [9.17, 15) is 0 Å². The van der Waals surface area contributed by atoms with E-state index in [4.69, 9.17) is 44.9 Å². The predicted octanol–water partition coefficient (Wildman–Crippen LogP) is 31.9. The molecule has 0 amide bonds. The molecule has 4 aliphatic carbocycles. The Labute approximate surface area is 782 Å². The van der Waals surface area contributed by atoms with Crippen molar-refractivity contribution in [2.75, 3.05) is 0 Å². The van der Waals surface area contributed by atoms with Crippen LogP contribution in [0.1, 0.15) is 138 Å². The van der Waals surface area contributed by atoms with Gasteiger partial charge >= 0.3 is 0 Å². The summed E-state index contributed by atoms with van der Waals surface area (Å²) in [7, 11) is 0. The fraction of sp³-hybridized carbons (Fsp3) is 0.144. The quantitative estimate of drug-likeness (QED) is 0.0989. The van der Waals surface area contributed by atoms with Crippen molar-refractivity contribution in [3.63, 3.8) is 0 Å². The first-order valence-electron chi connectivity index (χ1n) is 47.5. The van der Waals surface area contributed by atoms with Gasteiger partial charge in [0.05, 0.1) is 0 Å². The third-order valence-corrected chi connectivity index (χ3v) is 30.0. The molecule has 0 bridgehead atoms. The van der Waals surface area contributed by atoms with E-state index in [2.05, 4.69) is 438 Å². The molecule has 3 heterocycles. The zero-order valence-electron chi connectivity index (χ0n) is 76.6. The Balaban J connectivity index is 0.000000114. The number of benzene rings is 18. The number of fused-ring (bicyclic) bond motifs is 17. The van der Waals surface area contributed by atoms with Crippen LogP contribution in [0.4, 0.5) is 0 Å². The van der Waals surface area contributed by atoms with Gasteiger partial charge in [0.1, 0.15) is 0 Å². The molecule has 0 fully saturated rings. The normalized spacial score (nSPS) is 13.8. The van der Waals surface area contributed by atoms with E-state index in [0.717, 1.165) is 110 Å². The van der Waals surface area contributed by atoms with Crippen molar-refractivity contribution in [3.05, 3.63) is 427 Å². The van der Waals surface area contributed by atoms with E-state index < -0.39 is 0 Å². The monoisotopic (exact) mass is 1730 g/mol.